The van der Waals surface area contributed by atoms with Crippen LogP contribution in [-0.4, -0.2) is 58.5 Å². The van der Waals surface area contributed by atoms with E-state index in [0.29, 0.717) is 31.8 Å². The summed E-state index contributed by atoms with van der Waals surface area (Å²) in [6.07, 6.45) is 6.92. The van der Waals surface area contributed by atoms with Gasteiger partial charge in [-0.15, -0.1) is 0 Å². The van der Waals surface area contributed by atoms with Crippen molar-refractivity contribution >= 4 is 23.1 Å². The minimum Gasteiger partial charge on any atom is -0.481 e. The highest BCUT2D eigenvalue weighted by Crippen LogP contribution is 2.40. The summed E-state index contributed by atoms with van der Waals surface area (Å²) in [5, 5.41) is 9.48. The lowest BCUT2D eigenvalue weighted by Gasteiger charge is -2.30. The van der Waals surface area contributed by atoms with Crippen molar-refractivity contribution in [3.05, 3.63) is 29.1 Å². The average Bonchev–Trinajstić information content (AvgIpc) is 3.29. The summed E-state index contributed by atoms with van der Waals surface area (Å²) in [6.45, 7) is 5.12. The van der Waals surface area contributed by atoms with Crippen LogP contribution >= 0.6 is 0 Å². The van der Waals surface area contributed by atoms with Gasteiger partial charge in [0.1, 0.15) is 5.82 Å². The molecule has 35 heavy (non-hydrogen) atoms. The van der Waals surface area contributed by atoms with Gasteiger partial charge in [0.2, 0.25) is 0 Å². The van der Waals surface area contributed by atoms with Crippen LogP contribution in [0.2, 0.25) is 0 Å². The topological polar surface area (TPSA) is 93.9 Å². The molecular weight excluding hydrogens is 446 g/mol. The van der Waals surface area contributed by atoms with Crippen LogP contribution in [0.3, 0.4) is 0 Å². The van der Waals surface area contributed by atoms with Gasteiger partial charge in [0, 0.05) is 37.3 Å². The van der Waals surface area contributed by atoms with Gasteiger partial charge in [-0.1, -0.05) is 6.07 Å². The summed E-state index contributed by atoms with van der Waals surface area (Å²) in [5.41, 5.74) is 4.47. The van der Waals surface area contributed by atoms with Crippen molar-refractivity contribution in [3.63, 3.8) is 0 Å². The summed E-state index contributed by atoms with van der Waals surface area (Å²) in [5.74, 6) is 0.941. The molecule has 3 heterocycles. The zero-order valence-corrected chi connectivity index (χ0v) is 20.9. The van der Waals surface area contributed by atoms with Crippen LogP contribution in [0.4, 0.5) is 4.79 Å². The highest BCUT2D eigenvalue weighted by atomic mass is 16.5. The number of methoxy groups -OCH3 is 1. The van der Waals surface area contributed by atoms with Crippen LogP contribution in [0.1, 0.15) is 80.8 Å². The maximum atomic E-state index is 12.3. The van der Waals surface area contributed by atoms with E-state index in [1.807, 2.05) is 0 Å². The van der Waals surface area contributed by atoms with Crippen LogP contribution in [0.5, 0.6) is 0 Å². The highest BCUT2D eigenvalue weighted by Gasteiger charge is 2.33. The van der Waals surface area contributed by atoms with E-state index in [1.165, 1.54) is 19.1 Å². The molecule has 0 bridgehead atoms. The number of ether oxygens (including phenoxy) is 2. The lowest BCUT2D eigenvalue weighted by Crippen LogP contribution is -2.35. The second-order valence-electron chi connectivity index (χ2n) is 10.6. The van der Waals surface area contributed by atoms with Gasteiger partial charge < -0.3 is 24.0 Å². The minimum absolute atomic E-state index is 0.248. The first-order chi connectivity index (χ1) is 17.0. The fourth-order valence-corrected chi connectivity index (χ4v) is 6.43. The lowest BCUT2D eigenvalue weighted by atomic mass is 9.81. The first kappa shape index (κ1) is 24.1. The standard InChI is InChI=1S/C27H37N3O5/c1-17(14-18-4-3-13-35-16-18)30-23-10-9-19-11-12-29(27(33)34-2)15-22(19)24(23)28-25(30)20-5-7-21(8-6-20)26(31)32/h9-10,17-18,20-21H,3-8,11-16H2,1-2H3,(H,31,32)/t17-,18+,20-,21-/m1/s1. The fraction of sp³-hybridized carbons (Fsp3) is 0.667. The van der Waals surface area contributed by atoms with Gasteiger partial charge in [-0.25, -0.2) is 9.78 Å². The molecular formula is C27H37N3O5. The SMILES string of the molecule is COC(=O)N1CCc2ccc3c(nc([C@H]4CC[C@H](C(=O)O)CC4)n3[C@H](C)C[C@@H]3CCCOC3)c2C1. The Morgan fingerprint density at radius 3 is 2.71 bits per heavy atom. The molecule has 1 aliphatic carbocycles. The molecule has 5 rings (SSSR count). The summed E-state index contributed by atoms with van der Waals surface area (Å²) in [7, 11) is 1.43. The smallest absolute Gasteiger partial charge is 0.409 e. The number of aromatic nitrogens is 2. The van der Waals surface area contributed by atoms with Gasteiger partial charge in [-0.3, -0.25) is 4.79 Å². The summed E-state index contributed by atoms with van der Waals surface area (Å²) < 4.78 is 13.2. The number of benzene rings is 1. The van der Waals surface area contributed by atoms with E-state index in [4.69, 9.17) is 14.5 Å². The molecule has 2 atom stereocenters. The molecule has 1 amide bonds. The monoisotopic (exact) mass is 483 g/mol. The Hall–Kier alpha value is -2.61. The molecule has 3 aliphatic rings. The molecule has 1 N–H and O–H groups in total. The molecule has 1 aromatic heterocycles. The van der Waals surface area contributed by atoms with E-state index >= 15 is 0 Å². The maximum absolute atomic E-state index is 12.3. The number of carbonyl (C=O) groups is 2. The Labute approximate surface area is 206 Å². The summed E-state index contributed by atoms with van der Waals surface area (Å²) in [6, 6.07) is 4.67. The number of rotatable bonds is 5. The molecule has 8 nitrogen and oxygen atoms in total. The molecule has 2 fully saturated rings. The van der Waals surface area contributed by atoms with Crippen LogP contribution in [0.15, 0.2) is 12.1 Å². The predicted molar refractivity (Wildman–Crippen MR) is 131 cm³/mol. The molecule has 1 saturated heterocycles. The number of nitrogens with zero attached hydrogens (tertiary/aromatic N) is 3. The number of imidazole rings is 1. The van der Waals surface area contributed by atoms with Gasteiger partial charge in [0.05, 0.1) is 30.6 Å². The maximum Gasteiger partial charge on any atom is 0.409 e. The van der Waals surface area contributed by atoms with Crippen LogP contribution < -0.4 is 0 Å². The second-order valence-corrected chi connectivity index (χ2v) is 10.6. The first-order valence-corrected chi connectivity index (χ1v) is 13.1. The third kappa shape index (κ3) is 4.77. The number of carboxylic acid groups (broad SMARTS) is 1. The molecule has 1 saturated carbocycles. The van der Waals surface area contributed by atoms with Crippen molar-refractivity contribution in [1.82, 2.24) is 14.5 Å². The first-order valence-electron chi connectivity index (χ1n) is 13.1. The van der Waals surface area contributed by atoms with E-state index in [0.717, 1.165) is 67.7 Å². The largest absolute Gasteiger partial charge is 0.481 e. The van der Waals surface area contributed by atoms with Crippen LogP contribution in [-0.2, 0) is 27.2 Å². The van der Waals surface area contributed by atoms with E-state index in [-0.39, 0.29) is 24.0 Å². The Kier molecular flexibility index (Phi) is 7.00. The molecule has 2 aromatic rings. The van der Waals surface area contributed by atoms with Gasteiger partial charge in [0.25, 0.3) is 0 Å². The number of carbonyl (C=O) groups excluding carboxylic acids is 1. The number of aliphatic carboxylic acids is 1. The quantitative estimate of drug-likeness (QED) is 0.650. The Bertz CT molecular complexity index is 1080. The van der Waals surface area contributed by atoms with Crippen molar-refractivity contribution in [2.75, 3.05) is 26.9 Å². The Balaban J connectivity index is 1.52. The lowest BCUT2D eigenvalue weighted by molar-refractivity contribution is -0.142. The number of hydrogen-bond donors (Lipinski definition) is 1. The van der Waals surface area contributed by atoms with E-state index in [1.54, 1.807) is 4.90 Å². The molecule has 0 radical (unpaired) electrons. The zero-order valence-electron chi connectivity index (χ0n) is 20.9. The van der Waals surface area contributed by atoms with Gasteiger partial charge >= 0.3 is 12.1 Å². The van der Waals surface area contributed by atoms with Crippen molar-refractivity contribution in [1.29, 1.82) is 0 Å². The van der Waals surface area contributed by atoms with Crippen LogP contribution in [0.25, 0.3) is 11.0 Å². The van der Waals surface area contributed by atoms with Crippen molar-refractivity contribution < 1.29 is 24.2 Å². The molecule has 0 unspecified atom stereocenters. The number of hydrogen-bond acceptors (Lipinski definition) is 5. The van der Waals surface area contributed by atoms with Gasteiger partial charge in [-0.05, 0) is 75.8 Å². The van der Waals surface area contributed by atoms with Crippen LogP contribution in [0, 0.1) is 11.8 Å². The predicted octanol–water partition coefficient (Wildman–Crippen LogP) is 4.90. The van der Waals surface area contributed by atoms with E-state index in [2.05, 4.69) is 23.6 Å². The molecule has 8 heteroatoms. The molecule has 0 spiro atoms. The Morgan fingerprint density at radius 1 is 1.23 bits per heavy atom. The summed E-state index contributed by atoms with van der Waals surface area (Å²) >= 11 is 0. The normalized spacial score (nSPS) is 25.8. The van der Waals surface area contributed by atoms with Crippen molar-refractivity contribution in [2.24, 2.45) is 11.8 Å². The number of fused-ring (bicyclic) bond motifs is 3. The minimum atomic E-state index is -0.681. The second kappa shape index (κ2) is 10.2. The van der Waals surface area contributed by atoms with Crippen molar-refractivity contribution in [3.8, 4) is 0 Å². The zero-order chi connectivity index (χ0) is 24.5. The highest BCUT2D eigenvalue weighted by molar-refractivity contribution is 5.82. The average molecular weight is 484 g/mol. The van der Waals surface area contributed by atoms with Gasteiger partial charge in [0.15, 0.2) is 0 Å². The third-order valence-corrected chi connectivity index (χ3v) is 8.34. The van der Waals surface area contributed by atoms with Crippen molar-refractivity contribution in [2.45, 2.75) is 76.8 Å². The molecule has 190 valence electrons. The molecule has 1 aromatic carbocycles. The van der Waals surface area contributed by atoms with E-state index in [9.17, 15) is 14.7 Å². The molecule has 2 aliphatic heterocycles. The fourth-order valence-electron chi connectivity index (χ4n) is 6.43. The Morgan fingerprint density at radius 2 is 2.03 bits per heavy atom. The van der Waals surface area contributed by atoms with Gasteiger partial charge in [-0.2, -0.15) is 0 Å². The number of carboxylic acids is 1. The summed E-state index contributed by atoms with van der Waals surface area (Å²) in [4.78, 5) is 30.8. The third-order valence-electron chi connectivity index (χ3n) is 8.34. The number of amides is 1. The van der Waals surface area contributed by atoms with E-state index < -0.39 is 5.97 Å².